The van der Waals surface area contributed by atoms with Crippen LogP contribution in [0.3, 0.4) is 0 Å². The maximum Gasteiger partial charge on any atom is 0.416 e. The number of benzene rings is 1. The van der Waals surface area contributed by atoms with Gasteiger partial charge in [0, 0.05) is 6.04 Å². The summed E-state index contributed by atoms with van der Waals surface area (Å²) in [5.41, 5.74) is 1.18. The number of ether oxygens (including phenoxy) is 1. The minimum Gasteiger partial charge on any atom is -0.476 e. The first kappa shape index (κ1) is 19.9. The van der Waals surface area contributed by atoms with Crippen LogP contribution in [0.4, 0.5) is 13.2 Å². The molecule has 0 aromatic heterocycles. The fourth-order valence-electron chi connectivity index (χ4n) is 2.54. The summed E-state index contributed by atoms with van der Waals surface area (Å²) in [7, 11) is 0. The van der Waals surface area contributed by atoms with Crippen LogP contribution in [0.15, 0.2) is 35.8 Å². The molecule has 0 spiro atoms. The van der Waals surface area contributed by atoms with Crippen molar-refractivity contribution in [3.8, 4) is 5.75 Å². The Morgan fingerprint density at radius 2 is 1.85 bits per heavy atom. The van der Waals surface area contributed by atoms with Crippen molar-refractivity contribution in [1.82, 2.24) is 15.6 Å². The van der Waals surface area contributed by atoms with E-state index in [-0.39, 0.29) is 23.4 Å². The van der Waals surface area contributed by atoms with E-state index in [1.165, 1.54) is 17.1 Å². The van der Waals surface area contributed by atoms with Gasteiger partial charge in [-0.05, 0) is 52.8 Å². The van der Waals surface area contributed by atoms with Crippen LogP contribution in [-0.4, -0.2) is 32.8 Å². The van der Waals surface area contributed by atoms with Gasteiger partial charge in [0.05, 0.1) is 11.1 Å². The van der Waals surface area contributed by atoms with Gasteiger partial charge in [0.1, 0.15) is 5.75 Å². The molecular formula is C17H22F3N3O3. The zero-order valence-corrected chi connectivity index (χ0v) is 15.2. The van der Waals surface area contributed by atoms with Crippen molar-refractivity contribution in [2.45, 2.75) is 52.4 Å². The van der Waals surface area contributed by atoms with Crippen LogP contribution in [0.25, 0.3) is 0 Å². The van der Waals surface area contributed by atoms with Gasteiger partial charge in [-0.3, -0.25) is 10.4 Å². The molecule has 26 heavy (non-hydrogen) atoms. The second kappa shape index (κ2) is 6.71. The van der Waals surface area contributed by atoms with Crippen LogP contribution in [-0.2, 0) is 11.0 Å². The lowest BCUT2D eigenvalue weighted by atomic mass is 10.1. The third-order valence-corrected chi connectivity index (χ3v) is 3.57. The molecule has 0 aliphatic carbocycles. The number of carboxylic acid groups (broad SMARTS) is 1. The molecule has 1 aliphatic rings. The van der Waals surface area contributed by atoms with Gasteiger partial charge in [-0.15, -0.1) is 5.12 Å². The fourth-order valence-corrected chi connectivity index (χ4v) is 2.54. The van der Waals surface area contributed by atoms with Crippen molar-refractivity contribution in [3.63, 3.8) is 0 Å². The number of nitrogens with zero attached hydrogens (tertiary/aromatic N) is 2. The Morgan fingerprint density at radius 3 is 2.31 bits per heavy atom. The molecular weight excluding hydrogens is 351 g/mol. The van der Waals surface area contributed by atoms with E-state index in [4.69, 9.17) is 4.74 Å². The van der Waals surface area contributed by atoms with E-state index in [2.05, 4.69) is 5.43 Å². The van der Waals surface area contributed by atoms with Crippen LogP contribution >= 0.6 is 0 Å². The van der Waals surface area contributed by atoms with Gasteiger partial charge in [0.2, 0.25) is 11.6 Å². The summed E-state index contributed by atoms with van der Waals surface area (Å²) in [6.45, 7) is 9.15. The summed E-state index contributed by atoms with van der Waals surface area (Å²) in [4.78, 5) is 11.8. The average molecular weight is 373 g/mol. The van der Waals surface area contributed by atoms with E-state index in [1.807, 2.05) is 34.6 Å². The summed E-state index contributed by atoms with van der Waals surface area (Å²) in [5, 5.41) is 12.7. The quantitative estimate of drug-likeness (QED) is 0.841. The van der Waals surface area contributed by atoms with Gasteiger partial charge in [0.25, 0.3) is 0 Å². The summed E-state index contributed by atoms with van der Waals surface area (Å²) in [6, 6.07) is 4.15. The second-order valence-electron chi connectivity index (χ2n) is 7.14. The molecule has 1 heterocycles. The van der Waals surface area contributed by atoms with Crippen molar-refractivity contribution >= 4 is 5.97 Å². The number of hydrazine groups is 2. The van der Waals surface area contributed by atoms with Crippen LogP contribution < -0.4 is 10.2 Å². The molecule has 1 aliphatic heterocycles. The molecule has 0 atom stereocenters. The number of halogens is 3. The van der Waals surface area contributed by atoms with Crippen molar-refractivity contribution in [1.29, 1.82) is 0 Å². The van der Waals surface area contributed by atoms with Crippen molar-refractivity contribution in [3.05, 3.63) is 41.4 Å². The number of nitrogens with one attached hydrogen (secondary N) is 1. The van der Waals surface area contributed by atoms with E-state index in [0.717, 1.165) is 12.1 Å². The van der Waals surface area contributed by atoms with Gasteiger partial charge in [-0.25, -0.2) is 4.79 Å². The van der Waals surface area contributed by atoms with E-state index >= 15 is 0 Å². The first-order valence-electron chi connectivity index (χ1n) is 8.01. The van der Waals surface area contributed by atoms with E-state index in [0.29, 0.717) is 0 Å². The molecule has 0 saturated heterocycles. The number of rotatable bonds is 4. The zero-order valence-electron chi connectivity index (χ0n) is 15.2. The maximum absolute atomic E-state index is 12.9. The lowest BCUT2D eigenvalue weighted by molar-refractivity contribution is -0.143. The maximum atomic E-state index is 12.9. The van der Waals surface area contributed by atoms with E-state index in [1.54, 1.807) is 5.12 Å². The molecule has 2 N–H and O–H groups in total. The smallest absolute Gasteiger partial charge is 0.416 e. The molecule has 0 radical (unpaired) electrons. The first-order chi connectivity index (χ1) is 11.8. The molecule has 0 bridgehead atoms. The van der Waals surface area contributed by atoms with Crippen molar-refractivity contribution in [2.75, 3.05) is 0 Å². The van der Waals surface area contributed by atoms with Gasteiger partial charge in [-0.2, -0.15) is 13.2 Å². The number of carboxylic acids is 1. The molecule has 0 amide bonds. The third-order valence-electron chi connectivity index (χ3n) is 3.57. The van der Waals surface area contributed by atoms with Crippen LogP contribution in [0.5, 0.6) is 5.75 Å². The molecule has 0 saturated carbocycles. The molecule has 0 unspecified atom stereocenters. The fraction of sp³-hybridized carbons (Fsp3) is 0.471. The molecule has 144 valence electrons. The lowest BCUT2D eigenvalue weighted by Gasteiger charge is -2.41. The Morgan fingerprint density at radius 1 is 1.23 bits per heavy atom. The van der Waals surface area contributed by atoms with Crippen LogP contribution in [0.2, 0.25) is 0 Å². The molecule has 6 nitrogen and oxygen atoms in total. The predicted molar refractivity (Wildman–Crippen MR) is 88.4 cm³/mol. The normalized spacial score (nSPS) is 16.3. The lowest BCUT2D eigenvalue weighted by Crippen LogP contribution is -2.56. The number of carbonyl (C=O) groups is 1. The molecule has 9 heteroatoms. The molecule has 1 aromatic rings. The van der Waals surface area contributed by atoms with Crippen LogP contribution in [0.1, 0.15) is 40.2 Å². The number of aliphatic carboxylic acids is 1. The minimum absolute atomic E-state index is 0.111. The number of hydrogen-bond acceptors (Lipinski definition) is 5. The Balaban J connectivity index is 2.46. The Labute approximate surface area is 149 Å². The molecule has 0 fully saturated rings. The topological polar surface area (TPSA) is 65.0 Å². The largest absolute Gasteiger partial charge is 0.476 e. The monoisotopic (exact) mass is 373 g/mol. The molecule has 2 rings (SSSR count). The Hall–Kier alpha value is -2.42. The Bertz CT molecular complexity index is 724. The number of alkyl halides is 3. The van der Waals surface area contributed by atoms with Gasteiger partial charge < -0.3 is 9.84 Å². The SMILES string of the molecule is CC(C)N1NC(Oc2cccc(C(F)(F)F)c2)=C(C(=O)O)N1C(C)(C)C. The number of hydrogen-bond donors (Lipinski definition) is 2. The van der Waals surface area contributed by atoms with Gasteiger partial charge >= 0.3 is 12.1 Å². The molecule has 1 aromatic carbocycles. The standard InChI is InChI=1S/C17H22F3N3O3/c1-10(2)23-21-14(13(15(24)25)22(23)16(3,4)5)26-12-8-6-7-11(9-12)17(18,19)20/h6-10,21H,1-5H3,(H,24,25). The highest BCUT2D eigenvalue weighted by molar-refractivity contribution is 5.87. The summed E-state index contributed by atoms with van der Waals surface area (Å²) in [5.74, 6) is -1.50. The van der Waals surface area contributed by atoms with Crippen LogP contribution in [0, 0.1) is 0 Å². The third kappa shape index (κ3) is 4.04. The Kier molecular flexibility index (Phi) is 5.14. The highest BCUT2D eigenvalue weighted by atomic mass is 19.4. The average Bonchev–Trinajstić information content (AvgIpc) is 2.86. The van der Waals surface area contributed by atoms with Crippen molar-refractivity contribution < 1.29 is 27.8 Å². The van der Waals surface area contributed by atoms with E-state index < -0.39 is 23.2 Å². The highest BCUT2D eigenvalue weighted by Gasteiger charge is 2.43. The summed E-state index contributed by atoms with van der Waals surface area (Å²) >= 11 is 0. The summed E-state index contributed by atoms with van der Waals surface area (Å²) in [6.07, 6.45) is -4.52. The van der Waals surface area contributed by atoms with Gasteiger partial charge in [0.15, 0.2) is 0 Å². The first-order valence-corrected chi connectivity index (χ1v) is 8.01. The highest BCUT2D eigenvalue weighted by Crippen LogP contribution is 2.34. The van der Waals surface area contributed by atoms with E-state index in [9.17, 15) is 23.1 Å². The minimum atomic E-state index is -4.52. The zero-order chi connectivity index (χ0) is 19.9. The van der Waals surface area contributed by atoms with Gasteiger partial charge in [-0.1, -0.05) is 6.07 Å². The second-order valence-corrected chi connectivity index (χ2v) is 7.14. The van der Waals surface area contributed by atoms with Crippen molar-refractivity contribution in [2.24, 2.45) is 0 Å². The summed E-state index contributed by atoms with van der Waals surface area (Å²) < 4.78 is 44.1. The predicted octanol–water partition coefficient (Wildman–Crippen LogP) is 3.58.